The van der Waals surface area contributed by atoms with E-state index in [1.165, 1.54) is 14.2 Å². The standard InChI is InChI=1S/C17H22BrNOS/c1-3-19-12-14(11-16-8-9-17(18)21-16)10-13-4-6-15(20-2)7-5-13/h4-9,14,19H,3,10-12H2,1-2H3. The van der Waals surface area contributed by atoms with Gasteiger partial charge in [0.15, 0.2) is 0 Å². The number of rotatable bonds is 8. The van der Waals surface area contributed by atoms with E-state index in [1.54, 1.807) is 7.11 Å². The lowest BCUT2D eigenvalue weighted by Gasteiger charge is -2.17. The van der Waals surface area contributed by atoms with Gasteiger partial charge in [0.1, 0.15) is 5.75 Å². The van der Waals surface area contributed by atoms with Crippen LogP contribution >= 0.6 is 27.3 Å². The Bertz CT molecular complexity index is 538. The Hall–Kier alpha value is -0.840. The molecule has 0 spiro atoms. The van der Waals surface area contributed by atoms with Crippen LogP contribution in [0.5, 0.6) is 5.75 Å². The Morgan fingerprint density at radius 1 is 1.14 bits per heavy atom. The molecule has 1 N–H and O–H groups in total. The van der Waals surface area contributed by atoms with Crippen molar-refractivity contribution in [2.45, 2.75) is 19.8 Å². The summed E-state index contributed by atoms with van der Waals surface area (Å²) in [7, 11) is 1.71. The molecule has 2 nitrogen and oxygen atoms in total. The van der Waals surface area contributed by atoms with Gasteiger partial charge in [0, 0.05) is 4.88 Å². The monoisotopic (exact) mass is 367 g/mol. The van der Waals surface area contributed by atoms with E-state index in [0.717, 1.165) is 31.7 Å². The second-order valence-electron chi connectivity index (χ2n) is 5.14. The van der Waals surface area contributed by atoms with Gasteiger partial charge >= 0.3 is 0 Å². The highest BCUT2D eigenvalue weighted by molar-refractivity contribution is 9.11. The van der Waals surface area contributed by atoms with E-state index in [-0.39, 0.29) is 0 Å². The van der Waals surface area contributed by atoms with Crippen molar-refractivity contribution in [2.24, 2.45) is 5.92 Å². The lowest BCUT2D eigenvalue weighted by molar-refractivity contribution is 0.414. The Balaban J connectivity index is 2.00. The molecule has 0 aliphatic rings. The molecule has 1 heterocycles. The van der Waals surface area contributed by atoms with E-state index < -0.39 is 0 Å². The summed E-state index contributed by atoms with van der Waals surface area (Å²) in [4.78, 5) is 1.44. The molecule has 0 aliphatic heterocycles. The molecule has 2 aromatic rings. The van der Waals surface area contributed by atoms with Crippen LogP contribution in [0.2, 0.25) is 0 Å². The Morgan fingerprint density at radius 3 is 2.48 bits per heavy atom. The molecule has 1 atom stereocenters. The number of methoxy groups -OCH3 is 1. The molecule has 0 fully saturated rings. The predicted molar refractivity (Wildman–Crippen MR) is 94.5 cm³/mol. The fourth-order valence-corrected chi connectivity index (χ4v) is 4.00. The number of thiophene rings is 1. The lowest BCUT2D eigenvalue weighted by atomic mass is 9.95. The van der Waals surface area contributed by atoms with Crippen LogP contribution < -0.4 is 10.1 Å². The Morgan fingerprint density at radius 2 is 1.90 bits per heavy atom. The van der Waals surface area contributed by atoms with Crippen LogP contribution in [-0.4, -0.2) is 20.2 Å². The molecule has 4 heteroatoms. The van der Waals surface area contributed by atoms with Gasteiger partial charge in [-0.3, -0.25) is 0 Å². The Labute approximate surface area is 139 Å². The average Bonchev–Trinajstić information content (AvgIpc) is 2.90. The first kappa shape index (κ1) is 16.5. The van der Waals surface area contributed by atoms with Gasteiger partial charge in [-0.05, 0) is 77.6 Å². The van der Waals surface area contributed by atoms with Gasteiger partial charge in [-0.15, -0.1) is 11.3 Å². The fourth-order valence-electron chi connectivity index (χ4n) is 2.41. The summed E-state index contributed by atoms with van der Waals surface area (Å²) in [5.41, 5.74) is 1.37. The maximum Gasteiger partial charge on any atom is 0.118 e. The van der Waals surface area contributed by atoms with Crippen molar-refractivity contribution < 1.29 is 4.74 Å². The highest BCUT2D eigenvalue weighted by Gasteiger charge is 2.12. The van der Waals surface area contributed by atoms with Crippen LogP contribution in [0.3, 0.4) is 0 Å². The Kier molecular flexibility index (Phi) is 6.74. The molecule has 0 radical (unpaired) electrons. The minimum Gasteiger partial charge on any atom is -0.497 e. The first-order valence-electron chi connectivity index (χ1n) is 7.29. The molecule has 1 aromatic heterocycles. The number of hydrogen-bond acceptors (Lipinski definition) is 3. The third-order valence-corrected chi connectivity index (χ3v) is 5.13. The first-order chi connectivity index (χ1) is 10.2. The quantitative estimate of drug-likeness (QED) is 0.739. The van der Waals surface area contributed by atoms with E-state index in [0.29, 0.717) is 5.92 Å². The molecule has 2 rings (SSSR count). The van der Waals surface area contributed by atoms with E-state index in [9.17, 15) is 0 Å². The zero-order chi connectivity index (χ0) is 15.1. The average molecular weight is 368 g/mol. The third-order valence-electron chi connectivity index (χ3n) is 3.49. The summed E-state index contributed by atoms with van der Waals surface area (Å²) in [6.07, 6.45) is 2.21. The van der Waals surface area contributed by atoms with E-state index in [4.69, 9.17) is 4.74 Å². The molecule has 21 heavy (non-hydrogen) atoms. The minimum atomic E-state index is 0.615. The number of ether oxygens (including phenoxy) is 1. The van der Waals surface area contributed by atoms with Gasteiger partial charge in [0.05, 0.1) is 10.9 Å². The van der Waals surface area contributed by atoms with E-state index in [2.05, 4.69) is 52.4 Å². The first-order valence-corrected chi connectivity index (χ1v) is 8.90. The summed E-state index contributed by atoms with van der Waals surface area (Å²) in [6.45, 7) is 4.23. The van der Waals surface area contributed by atoms with Crippen molar-refractivity contribution in [3.63, 3.8) is 0 Å². The summed E-state index contributed by atoms with van der Waals surface area (Å²) in [6, 6.07) is 12.8. The van der Waals surface area contributed by atoms with Gasteiger partial charge in [0.25, 0.3) is 0 Å². The number of hydrogen-bond donors (Lipinski definition) is 1. The van der Waals surface area contributed by atoms with Crippen molar-refractivity contribution >= 4 is 27.3 Å². The zero-order valence-electron chi connectivity index (χ0n) is 12.6. The SMILES string of the molecule is CCNCC(Cc1ccc(OC)cc1)Cc1ccc(Br)s1. The molecular formula is C17H22BrNOS. The highest BCUT2D eigenvalue weighted by Crippen LogP contribution is 2.25. The molecule has 1 unspecified atom stereocenters. The molecule has 0 amide bonds. The molecular weight excluding hydrogens is 346 g/mol. The van der Waals surface area contributed by atoms with E-state index >= 15 is 0 Å². The molecule has 0 saturated heterocycles. The summed E-state index contributed by atoms with van der Waals surface area (Å²) < 4.78 is 6.43. The second-order valence-corrected chi connectivity index (χ2v) is 7.68. The molecule has 0 bridgehead atoms. The predicted octanol–water partition coefficient (Wildman–Crippen LogP) is 4.53. The van der Waals surface area contributed by atoms with Crippen LogP contribution in [0.1, 0.15) is 17.4 Å². The second kappa shape index (κ2) is 8.57. The topological polar surface area (TPSA) is 21.3 Å². The van der Waals surface area contributed by atoms with E-state index in [1.807, 2.05) is 23.5 Å². The third kappa shape index (κ3) is 5.46. The van der Waals surface area contributed by atoms with Crippen molar-refractivity contribution in [1.29, 1.82) is 0 Å². The van der Waals surface area contributed by atoms with Crippen molar-refractivity contribution in [2.75, 3.05) is 20.2 Å². The van der Waals surface area contributed by atoms with Crippen LogP contribution in [0.15, 0.2) is 40.2 Å². The maximum absolute atomic E-state index is 5.22. The van der Waals surface area contributed by atoms with Crippen LogP contribution in [0.25, 0.3) is 0 Å². The molecule has 0 saturated carbocycles. The van der Waals surface area contributed by atoms with Gasteiger partial charge in [-0.25, -0.2) is 0 Å². The van der Waals surface area contributed by atoms with Gasteiger partial charge in [0.2, 0.25) is 0 Å². The maximum atomic E-state index is 5.22. The van der Waals surface area contributed by atoms with Crippen molar-refractivity contribution in [3.05, 3.63) is 50.6 Å². The summed E-state index contributed by atoms with van der Waals surface area (Å²) in [5, 5.41) is 3.49. The zero-order valence-corrected chi connectivity index (χ0v) is 15.0. The lowest BCUT2D eigenvalue weighted by Crippen LogP contribution is -2.25. The van der Waals surface area contributed by atoms with Crippen molar-refractivity contribution in [1.82, 2.24) is 5.32 Å². The molecule has 1 aromatic carbocycles. The highest BCUT2D eigenvalue weighted by atomic mass is 79.9. The summed E-state index contributed by atoms with van der Waals surface area (Å²) >= 11 is 5.38. The largest absolute Gasteiger partial charge is 0.497 e. The minimum absolute atomic E-state index is 0.615. The van der Waals surface area contributed by atoms with Gasteiger partial charge < -0.3 is 10.1 Å². The smallest absolute Gasteiger partial charge is 0.118 e. The van der Waals surface area contributed by atoms with Crippen LogP contribution in [-0.2, 0) is 12.8 Å². The van der Waals surface area contributed by atoms with Gasteiger partial charge in [-0.2, -0.15) is 0 Å². The number of nitrogens with one attached hydrogen (secondary N) is 1. The number of halogens is 1. The van der Waals surface area contributed by atoms with Crippen LogP contribution in [0, 0.1) is 5.92 Å². The van der Waals surface area contributed by atoms with Gasteiger partial charge in [-0.1, -0.05) is 19.1 Å². The van der Waals surface area contributed by atoms with Crippen molar-refractivity contribution in [3.8, 4) is 5.75 Å². The molecule has 114 valence electrons. The normalized spacial score (nSPS) is 12.3. The fraction of sp³-hybridized carbons (Fsp3) is 0.412. The van der Waals surface area contributed by atoms with Crippen LogP contribution in [0.4, 0.5) is 0 Å². The number of benzene rings is 1. The summed E-state index contributed by atoms with van der Waals surface area (Å²) in [5.74, 6) is 1.54. The molecule has 0 aliphatic carbocycles.